The fourth-order valence-electron chi connectivity index (χ4n) is 0.411. The zero-order valence-corrected chi connectivity index (χ0v) is 9.67. The molecule has 0 saturated carbocycles. The van der Waals surface area contributed by atoms with Gasteiger partial charge in [0, 0.05) is 0 Å². The molecule has 0 aromatic rings. The van der Waals surface area contributed by atoms with E-state index in [1.54, 1.807) is 11.9 Å². The first-order valence-corrected chi connectivity index (χ1v) is 8.09. The van der Waals surface area contributed by atoms with Gasteiger partial charge in [0.2, 0.25) is 0 Å². The first kappa shape index (κ1) is 12.8. The molecule has 0 aliphatic rings. The Morgan fingerprint density at radius 2 is 2.08 bits per heavy atom. The van der Waals surface area contributed by atoms with Gasteiger partial charge in [-0.25, -0.2) is 0 Å². The van der Waals surface area contributed by atoms with Crippen LogP contribution in [-0.4, -0.2) is 40.9 Å². The third-order valence-corrected chi connectivity index (χ3v) is 4.61. The van der Waals surface area contributed by atoms with Crippen LogP contribution >= 0.6 is 20.1 Å². The Bertz CT molecular complexity index is 181. The van der Waals surface area contributed by atoms with E-state index < -0.39 is 23.3 Å². The zero-order valence-electron chi connectivity index (χ0n) is 7.51. The number of halogens is 1. The third kappa shape index (κ3) is 5.99. The Balaban J connectivity index is 3.94. The molecule has 7 nitrogen and oxygen atoms in total. The van der Waals surface area contributed by atoms with Gasteiger partial charge in [-0.05, 0) is 0 Å². The van der Waals surface area contributed by atoms with Crippen molar-refractivity contribution in [3.63, 3.8) is 0 Å². The summed E-state index contributed by atoms with van der Waals surface area (Å²) in [5.74, 6) is 0. The van der Waals surface area contributed by atoms with Gasteiger partial charge in [-0.3, -0.25) is 0 Å². The van der Waals surface area contributed by atoms with Crippen molar-refractivity contribution in [2.24, 2.45) is 10.7 Å². The Labute approximate surface area is 83.6 Å². The van der Waals surface area contributed by atoms with Crippen LogP contribution in [0.5, 0.6) is 0 Å². The molecule has 0 aliphatic heterocycles. The monoisotopic (exact) mass is 308 g/mol. The van der Waals surface area contributed by atoms with Gasteiger partial charge >= 0.3 is 83.4 Å². The molecule has 5 N–H and O–H groups in total. The van der Waals surface area contributed by atoms with Gasteiger partial charge in [0.1, 0.15) is 0 Å². The summed E-state index contributed by atoms with van der Waals surface area (Å²) in [6.07, 6.45) is 0. The molecule has 0 bridgehead atoms. The SMILES string of the molecule is CCOC(N)=NCI(C)[N+](O)(O)O. The number of nitrogens with zero attached hydrogens (tertiary/aromatic N) is 2. The minimum atomic E-state index is -2.38. The van der Waals surface area contributed by atoms with E-state index in [1.165, 1.54) is 0 Å². The molecule has 0 saturated heterocycles. The second kappa shape index (κ2) is 5.54. The molecule has 0 radical (unpaired) electrons. The number of hydrogen-bond donors (Lipinski definition) is 4. The molecule has 0 heterocycles. The van der Waals surface area contributed by atoms with Gasteiger partial charge in [-0.1, -0.05) is 0 Å². The predicted octanol–water partition coefficient (Wildman–Crippen LogP) is 0.331. The number of amidine groups is 1. The second-order valence-corrected chi connectivity index (χ2v) is 7.25. The molecule has 0 fully saturated rings. The van der Waals surface area contributed by atoms with Crippen LogP contribution in [0.15, 0.2) is 4.99 Å². The van der Waals surface area contributed by atoms with Gasteiger partial charge in [0.15, 0.2) is 0 Å². The number of hydrogen-bond acceptors (Lipinski definition) is 5. The van der Waals surface area contributed by atoms with Crippen molar-refractivity contribution in [3.05, 3.63) is 0 Å². The van der Waals surface area contributed by atoms with E-state index in [9.17, 15) is 0 Å². The number of aliphatic imine (C=N–C) groups is 1. The first-order valence-electron chi connectivity index (χ1n) is 3.44. The molecule has 0 spiro atoms. The summed E-state index contributed by atoms with van der Waals surface area (Å²) in [6, 6.07) is 0.0000926. The molecular formula is C5H15IN3O4+. The van der Waals surface area contributed by atoms with Crippen LogP contribution in [0.1, 0.15) is 6.92 Å². The van der Waals surface area contributed by atoms with Crippen molar-refractivity contribution in [1.82, 2.24) is 0 Å². The molecule has 0 unspecified atom stereocenters. The van der Waals surface area contributed by atoms with Gasteiger partial charge in [-0.2, -0.15) is 0 Å². The fourth-order valence-corrected chi connectivity index (χ4v) is 1.65. The Morgan fingerprint density at radius 3 is 2.46 bits per heavy atom. The van der Waals surface area contributed by atoms with E-state index in [0.717, 1.165) is 0 Å². The van der Waals surface area contributed by atoms with Gasteiger partial charge in [0.05, 0.1) is 0 Å². The Hall–Kier alpha value is -0.160. The van der Waals surface area contributed by atoms with Crippen LogP contribution in [-0.2, 0) is 4.74 Å². The molecule has 0 rings (SSSR count). The predicted molar refractivity (Wildman–Crippen MR) is 53.7 cm³/mol. The van der Waals surface area contributed by atoms with Crippen molar-refractivity contribution < 1.29 is 23.5 Å². The van der Waals surface area contributed by atoms with Crippen molar-refractivity contribution in [2.45, 2.75) is 6.92 Å². The van der Waals surface area contributed by atoms with Crippen LogP contribution in [0.3, 0.4) is 0 Å². The normalized spacial score (nSPS) is 14.2. The Morgan fingerprint density at radius 1 is 1.54 bits per heavy atom. The average molecular weight is 308 g/mol. The van der Waals surface area contributed by atoms with Crippen LogP contribution in [0.25, 0.3) is 0 Å². The standard InChI is InChI=1S/C5H15IN3O4/c1-3-13-5(7)8-4-6(2)9(10,11)12/h10-12H,3-4H2,1-2H3,(H2,7,8)/q+1. The first-order chi connectivity index (χ1) is 5.88. The molecule has 13 heavy (non-hydrogen) atoms. The van der Waals surface area contributed by atoms with Crippen LogP contribution < -0.4 is 5.73 Å². The zero-order chi connectivity index (χ0) is 10.5. The molecule has 80 valence electrons. The van der Waals surface area contributed by atoms with Crippen LogP contribution in [0.2, 0.25) is 0 Å². The second-order valence-electron chi connectivity index (χ2n) is 2.10. The van der Waals surface area contributed by atoms with Crippen molar-refractivity contribution in [3.8, 4) is 0 Å². The van der Waals surface area contributed by atoms with Gasteiger partial charge in [-0.15, -0.1) is 0 Å². The van der Waals surface area contributed by atoms with Crippen molar-refractivity contribution >= 4 is 26.1 Å². The summed E-state index contributed by atoms with van der Waals surface area (Å²) >= 11 is -2.38. The van der Waals surface area contributed by atoms with E-state index in [-0.39, 0.29) is 10.6 Å². The van der Waals surface area contributed by atoms with E-state index in [2.05, 4.69) is 4.99 Å². The molecule has 0 aliphatic carbocycles. The van der Waals surface area contributed by atoms with Gasteiger partial charge in [0.25, 0.3) is 0 Å². The summed E-state index contributed by atoms with van der Waals surface area (Å²) in [7, 11) is 0. The summed E-state index contributed by atoms with van der Waals surface area (Å²) in [5.41, 5.74) is 5.28. The van der Waals surface area contributed by atoms with E-state index in [0.29, 0.717) is 6.61 Å². The topological polar surface area (TPSA) is 108 Å². The fraction of sp³-hybridized carbons (Fsp3) is 0.800. The van der Waals surface area contributed by atoms with Crippen LogP contribution in [0.4, 0.5) is 0 Å². The minimum absolute atomic E-state index is 0.0000926. The Kier molecular flexibility index (Phi) is 5.48. The molecule has 0 aromatic heterocycles. The number of quaternary nitrogens is 1. The molecule has 0 aromatic carbocycles. The third-order valence-electron chi connectivity index (χ3n) is 1.07. The number of alkyl halides is 2. The number of ether oxygens (including phenoxy) is 1. The molecule has 0 amide bonds. The summed E-state index contributed by atoms with van der Waals surface area (Å²) < 4.78 is 2.95. The average Bonchev–Trinajstić information content (AvgIpc) is 1.99. The maximum absolute atomic E-state index is 8.70. The van der Waals surface area contributed by atoms with Crippen molar-refractivity contribution in [2.75, 3.05) is 16.1 Å². The molecular weight excluding hydrogens is 293 g/mol. The number of rotatable bonds is 4. The molecule has 8 heteroatoms. The van der Waals surface area contributed by atoms with Crippen LogP contribution in [0, 0.1) is 0 Å². The number of nitrogens with two attached hydrogens (primary N) is 1. The van der Waals surface area contributed by atoms with Crippen molar-refractivity contribution in [1.29, 1.82) is 0 Å². The van der Waals surface area contributed by atoms with E-state index >= 15 is 0 Å². The van der Waals surface area contributed by atoms with Gasteiger partial charge < -0.3 is 0 Å². The maximum atomic E-state index is 8.70. The van der Waals surface area contributed by atoms with E-state index in [4.69, 9.17) is 26.1 Å². The molecule has 0 atom stereocenters. The van der Waals surface area contributed by atoms with E-state index in [1.807, 2.05) is 0 Å². The summed E-state index contributed by atoms with van der Waals surface area (Å²) in [4.78, 5) is 5.27. The summed E-state index contributed by atoms with van der Waals surface area (Å²) in [5, 5.41) is 26.1. The summed E-state index contributed by atoms with van der Waals surface area (Å²) in [6.45, 7) is 2.17. The quantitative estimate of drug-likeness (QED) is 0.114.